The molecular weight excluding hydrogens is 473 g/mol. The molecule has 4 rings (SSSR count). The SMILES string of the molecule is Cc1cccc(N(C(=O)c2ccc(CN3CCOCC3)o2)[C@@H](C(=O)NC(C)(C)C)c2ccc(F)cc2)c1. The summed E-state index contributed by atoms with van der Waals surface area (Å²) in [6, 6.07) is 15.4. The van der Waals surface area contributed by atoms with Crippen LogP contribution in [0.5, 0.6) is 0 Å². The lowest BCUT2D eigenvalue weighted by Gasteiger charge is -2.33. The van der Waals surface area contributed by atoms with Crippen LogP contribution in [0.2, 0.25) is 0 Å². The first kappa shape index (κ1) is 26.6. The Morgan fingerprint density at radius 3 is 2.41 bits per heavy atom. The van der Waals surface area contributed by atoms with Gasteiger partial charge in [0.15, 0.2) is 5.76 Å². The Balaban J connectivity index is 1.75. The van der Waals surface area contributed by atoms with E-state index in [1.54, 1.807) is 18.2 Å². The minimum absolute atomic E-state index is 0.125. The summed E-state index contributed by atoms with van der Waals surface area (Å²) in [5.74, 6) is -0.482. The molecule has 37 heavy (non-hydrogen) atoms. The van der Waals surface area contributed by atoms with E-state index in [1.807, 2.05) is 45.9 Å². The van der Waals surface area contributed by atoms with Crippen molar-refractivity contribution in [2.24, 2.45) is 0 Å². The lowest BCUT2D eigenvalue weighted by atomic mass is 10.00. The van der Waals surface area contributed by atoms with Gasteiger partial charge in [0.2, 0.25) is 5.91 Å². The fourth-order valence-corrected chi connectivity index (χ4v) is 4.34. The Kier molecular flexibility index (Phi) is 8.10. The maximum Gasteiger partial charge on any atom is 0.294 e. The molecule has 7 nitrogen and oxygen atoms in total. The summed E-state index contributed by atoms with van der Waals surface area (Å²) in [6.07, 6.45) is 0. The number of amides is 2. The molecule has 8 heteroatoms. The van der Waals surface area contributed by atoms with Crippen LogP contribution < -0.4 is 10.2 Å². The number of carbonyl (C=O) groups is 2. The Bertz CT molecular complexity index is 1230. The quantitative estimate of drug-likeness (QED) is 0.494. The van der Waals surface area contributed by atoms with Gasteiger partial charge in [-0.2, -0.15) is 0 Å². The van der Waals surface area contributed by atoms with Crippen molar-refractivity contribution in [3.05, 3.63) is 89.1 Å². The molecule has 0 aliphatic carbocycles. The highest BCUT2D eigenvalue weighted by atomic mass is 19.1. The number of benzene rings is 2. The highest BCUT2D eigenvalue weighted by Crippen LogP contribution is 2.31. The molecule has 1 aromatic heterocycles. The number of ether oxygens (including phenoxy) is 1. The molecule has 1 aliphatic rings. The average Bonchev–Trinajstić information content (AvgIpc) is 3.31. The van der Waals surface area contributed by atoms with Crippen LogP contribution in [-0.2, 0) is 16.1 Å². The molecule has 2 aromatic carbocycles. The van der Waals surface area contributed by atoms with Crippen LogP contribution in [0.4, 0.5) is 10.1 Å². The molecule has 2 heterocycles. The molecule has 0 unspecified atom stereocenters. The van der Waals surface area contributed by atoms with E-state index in [4.69, 9.17) is 9.15 Å². The fourth-order valence-electron chi connectivity index (χ4n) is 4.34. The third-order valence-electron chi connectivity index (χ3n) is 6.04. The van der Waals surface area contributed by atoms with Crippen LogP contribution in [0.15, 0.2) is 65.1 Å². The van der Waals surface area contributed by atoms with Gasteiger partial charge in [-0.25, -0.2) is 4.39 Å². The third-order valence-corrected chi connectivity index (χ3v) is 6.04. The van der Waals surface area contributed by atoms with Gasteiger partial charge in [0.1, 0.15) is 17.6 Å². The zero-order chi connectivity index (χ0) is 26.6. The van der Waals surface area contributed by atoms with Crippen molar-refractivity contribution in [1.82, 2.24) is 10.2 Å². The lowest BCUT2D eigenvalue weighted by molar-refractivity contribution is -0.123. The van der Waals surface area contributed by atoms with Crippen LogP contribution in [0.1, 0.15) is 54.3 Å². The summed E-state index contributed by atoms with van der Waals surface area (Å²) in [4.78, 5) is 31.4. The van der Waals surface area contributed by atoms with Crippen molar-refractivity contribution in [1.29, 1.82) is 0 Å². The van der Waals surface area contributed by atoms with Gasteiger partial charge in [-0.1, -0.05) is 24.3 Å². The zero-order valence-electron chi connectivity index (χ0n) is 21.8. The summed E-state index contributed by atoms with van der Waals surface area (Å²) < 4.78 is 25.2. The van der Waals surface area contributed by atoms with Gasteiger partial charge in [0.05, 0.1) is 19.8 Å². The maximum absolute atomic E-state index is 14.1. The van der Waals surface area contributed by atoms with Crippen LogP contribution in [-0.4, -0.2) is 48.6 Å². The number of rotatable bonds is 7. The molecule has 3 aromatic rings. The van der Waals surface area contributed by atoms with Gasteiger partial charge < -0.3 is 14.5 Å². The number of aryl methyl sites for hydroxylation is 1. The van der Waals surface area contributed by atoms with E-state index >= 15 is 0 Å². The van der Waals surface area contributed by atoms with E-state index in [2.05, 4.69) is 10.2 Å². The van der Waals surface area contributed by atoms with Crippen LogP contribution in [0.3, 0.4) is 0 Å². The molecule has 1 N–H and O–H groups in total. The first-order valence-corrected chi connectivity index (χ1v) is 12.5. The molecule has 1 atom stereocenters. The summed E-state index contributed by atoms with van der Waals surface area (Å²) in [5, 5.41) is 2.99. The van der Waals surface area contributed by atoms with Gasteiger partial charge >= 0.3 is 0 Å². The number of furan rings is 1. The normalized spacial score (nSPS) is 15.3. The maximum atomic E-state index is 14.1. The van der Waals surface area contributed by atoms with Crippen molar-refractivity contribution in [3.63, 3.8) is 0 Å². The van der Waals surface area contributed by atoms with E-state index in [0.717, 1.165) is 18.7 Å². The molecule has 2 amide bonds. The predicted octanol–water partition coefficient (Wildman–Crippen LogP) is 4.86. The van der Waals surface area contributed by atoms with E-state index < -0.39 is 23.3 Å². The second-order valence-electron chi connectivity index (χ2n) is 10.4. The molecule has 0 bridgehead atoms. The Labute approximate surface area is 217 Å². The number of nitrogens with zero attached hydrogens (tertiary/aromatic N) is 2. The monoisotopic (exact) mass is 507 g/mol. The van der Waals surface area contributed by atoms with Crippen molar-refractivity contribution < 1.29 is 23.1 Å². The largest absolute Gasteiger partial charge is 0.455 e. The molecule has 1 saturated heterocycles. The second kappa shape index (κ2) is 11.3. The predicted molar refractivity (Wildman–Crippen MR) is 140 cm³/mol. The molecular formula is C29H34FN3O4. The van der Waals surface area contributed by atoms with Gasteiger partial charge in [0.25, 0.3) is 5.91 Å². The number of anilines is 1. The summed E-state index contributed by atoms with van der Waals surface area (Å²) >= 11 is 0. The van der Waals surface area contributed by atoms with E-state index in [-0.39, 0.29) is 11.7 Å². The molecule has 1 fully saturated rings. The molecule has 0 spiro atoms. The summed E-state index contributed by atoms with van der Waals surface area (Å²) in [5.41, 5.74) is 1.40. The summed E-state index contributed by atoms with van der Waals surface area (Å²) in [6.45, 7) is 11.0. The number of hydrogen-bond acceptors (Lipinski definition) is 5. The first-order valence-electron chi connectivity index (χ1n) is 12.5. The highest BCUT2D eigenvalue weighted by Gasteiger charge is 2.36. The number of carbonyl (C=O) groups excluding carboxylic acids is 2. The van der Waals surface area contributed by atoms with Crippen molar-refractivity contribution in [3.8, 4) is 0 Å². The van der Waals surface area contributed by atoms with Crippen LogP contribution in [0.25, 0.3) is 0 Å². The van der Waals surface area contributed by atoms with Crippen molar-refractivity contribution in [2.75, 3.05) is 31.2 Å². The second-order valence-corrected chi connectivity index (χ2v) is 10.4. The number of morpholine rings is 1. The Morgan fingerprint density at radius 1 is 1.05 bits per heavy atom. The topological polar surface area (TPSA) is 75.0 Å². The van der Waals surface area contributed by atoms with Crippen LogP contribution in [0, 0.1) is 12.7 Å². The fraction of sp³-hybridized carbons (Fsp3) is 0.379. The van der Waals surface area contributed by atoms with Gasteiger partial charge in [-0.3, -0.25) is 19.4 Å². The minimum atomic E-state index is -1.05. The van der Waals surface area contributed by atoms with Crippen LogP contribution >= 0.6 is 0 Å². The van der Waals surface area contributed by atoms with E-state index in [1.165, 1.54) is 29.2 Å². The molecule has 0 radical (unpaired) electrons. The minimum Gasteiger partial charge on any atom is -0.455 e. The standard InChI is InChI=1S/C29H34FN3O4/c1-20-6-5-7-23(18-20)33(26(27(34)31-29(2,3)4)21-8-10-22(30)11-9-21)28(35)25-13-12-24(37-25)19-32-14-16-36-17-15-32/h5-13,18,26H,14-17,19H2,1-4H3,(H,31,34)/t26-/m1/s1. The molecule has 1 aliphatic heterocycles. The summed E-state index contributed by atoms with van der Waals surface area (Å²) in [7, 11) is 0. The number of hydrogen-bond donors (Lipinski definition) is 1. The van der Waals surface area contributed by atoms with E-state index in [9.17, 15) is 14.0 Å². The molecule has 196 valence electrons. The highest BCUT2D eigenvalue weighted by molar-refractivity contribution is 6.08. The van der Waals surface area contributed by atoms with Crippen molar-refractivity contribution >= 4 is 17.5 Å². The molecule has 0 saturated carbocycles. The number of nitrogens with one attached hydrogen (secondary N) is 1. The zero-order valence-corrected chi connectivity index (χ0v) is 21.8. The van der Waals surface area contributed by atoms with Gasteiger partial charge in [0, 0.05) is 24.3 Å². The lowest BCUT2D eigenvalue weighted by Crippen LogP contribution is -2.49. The average molecular weight is 508 g/mol. The smallest absolute Gasteiger partial charge is 0.294 e. The number of halogens is 1. The Hall–Kier alpha value is -3.49. The first-order chi connectivity index (χ1) is 17.6. The van der Waals surface area contributed by atoms with Gasteiger partial charge in [-0.05, 0) is 75.2 Å². The van der Waals surface area contributed by atoms with Crippen molar-refractivity contribution in [2.45, 2.75) is 45.8 Å². The third kappa shape index (κ3) is 6.84. The van der Waals surface area contributed by atoms with Gasteiger partial charge in [-0.15, -0.1) is 0 Å². The van der Waals surface area contributed by atoms with E-state index in [0.29, 0.717) is 36.8 Å². The Morgan fingerprint density at radius 2 is 1.76 bits per heavy atom.